The molecular weight excluding hydrogens is 495 g/mol. The predicted octanol–water partition coefficient (Wildman–Crippen LogP) is 6.66. The van der Waals surface area contributed by atoms with E-state index in [1.165, 1.54) is 19.3 Å². The number of aromatic nitrogens is 2. The number of nitrogens with zero attached hydrogens (tertiary/aromatic N) is 2. The maximum Gasteiger partial charge on any atom is 0.256 e. The fourth-order valence-corrected chi connectivity index (χ4v) is 4.59. The molecule has 0 amide bonds. The molecule has 2 heterocycles. The summed E-state index contributed by atoms with van der Waals surface area (Å²) in [6.45, 7) is 2.63. The van der Waals surface area contributed by atoms with E-state index in [1.807, 2.05) is 30.3 Å². The number of piperidine rings is 1. The summed E-state index contributed by atoms with van der Waals surface area (Å²) >= 11 is 0. The van der Waals surface area contributed by atoms with Gasteiger partial charge < -0.3 is 14.8 Å². The number of rotatable bonds is 9. The Hall–Kier alpha value is -1.70. The molecule has 1 unspecified atom stereocenters. The Balaban J connectivity index is 0.00000216. The van der Waals surface area contributed by atoms with Gasteiger partial charge in [-0.25, -0.2) is 8.78 Å². The maximum atomic E-state index is 14.2. The first kappa shape index (κ1) is 29.5. The van der Waals surface area contributed by atoms with E-state index in [1.54, 1.807) is 0 Å². The minimum atomic E-state index is -2.73. The number of halogens is 4. The van der Waals surface area contributed by atoms with Crippen LogP contribution in [-0.4, -0.2) is 41.9 Å². The average molecular weight is 533 g/mol. The highest BCUT2D eigenvalue weighted by Crippen LogP contribution is 2.32. The molecule has 1 saturated carbocycles. The van der Waals surface area contributed by atoms with Gasteiger partial charge in [0.25, 0.3) is 5.92 Å². The quantitative estimate of drug-likeness (QED) is 0.391. The molecule has 35 heavy (non-hydrogen) atoms. The number of aryl methyl sites for hydroxylation is 1. The Morgan fingerprint density at radius 2 is 1.80 bits per heavy atom. The summed E-state index contributed by atoms with van der Waals surface area (Å²) in [5.41, 5.74) is 2.84. The number of ether oxygens (including phenoxy) is 2. The van der Waals surface area contributed by atoms with Crippen molar-refractivity contribution in [2.24, 2.45) is 5.92 Å². The number of alkyl halides is 2. The Kier molecular flexibility index (Phi) is 11.9. The zero-order valence-electron chi connectivity index (χ0n) is 20.3. The van der Waals surface area contributed by atoms with Crippen LogP contribution in [0.1, 0.15) is 64.0 Å². The SMILES string of the molecule is CCCCc1nnc(OCC2CNCCC2(F)F)cc1-c1ccc(OC2CCCCC2)cc1.Cl.Cl. The number of benzene rings is 1. The monoisotopic (exact) mass is 531 g/mol. The molecule has 2 aliphatic rings. The molecule has 2 fully saturated rings. The average Bonchev–Trinajstić information content (AvgIpc) is 2.83. The van der Waals surface area contributed by atoms with Crippen LogP contribution >= 0.6 is 24.8 Å². The number of hydrogen-bond acceptors (Lipinski definition) is 5. The third-order valence-electron chi connectivity index (χ3n) is 6.69. The van der Waals surface area contributed by atoms with E-state index in [9.17, 15) is 8.78 Å². The minimum Gasteiger partial charge on any atom is -0.490 e. The van der Waals surface area contributed by atoms with E-state index in [0.717, 1.165) is 54.7 Å². The van der Waals surface area contributed by atoms with Crippen LogP contribution in [0.25, 0.3) is 11.1 Å². The van der Waals surface area contributed by atoms with Crippen molar-refractivity contribution >= 4 is 24.8 Å². The van der Waals surface area contributed by atoms with Gasteiger partial charge in [0.15, 0.2) is 0 Å². The molecule has 1 N–H and O–H groups in total. The van der Waals surface area contributed by atoms with Crippen molar-refractivity contribution in [3.8, 4) is 22.8 Å². The van der Waals surface area contributed by atoms with Crippen LogP contribution in [0.4, 0.5) is 8.78 Å². The third kappa shape index (κ3) is 8.16. The second-order valence-electron chi connectivity index (χ2n) is 9.27. The molecule has 1 aromatic heterocycles. The molecule has 0 spiro atoms. The van der Waals surface area contributed by atoms with Gasteiger partial charge in [-0.2, -0.15) is 5.10 Å². The molecule has 1 aromatic carbocycles. The van der Waals surface area contributed by atoms with Crippen LogP contribution in [0.2, 0.25) is 0 Å². The van der Waals surface area contributed by atoms with Crippen molar-refractivity contribution < 1.29 is 18.3 Å². The molecular formula is C26H37Cl2F2N3O2. The van der Waals surface area contributed by atoms with Gasteiger partial charge in [-0.15, -0.1) is 29.9 Å². The topological polar surface area (TPSA) is 56.3 Å². The normalized spacial score (nSPS) is 19.8. The van der Waals surface area contributed by atoms with E-state index >= 15 is 0 Å². The lowest BCUT2D eigenvalue weighted by Gasteiger charge is -2.31. The van der Waals surface area contributed by atoms with Gasteiger partial charge in [0.05, 0.1) is 24.3 Å². The number of nitrogens with one attached hydrogen (secondary N) is 1. The molecule has 1 saturated heterocycles. The molecule has 2 aromatic rings. The zero-order chi connectivity index (χ0) is 23.1. The Labute approximate surface area is 219 Å². The Morgan fingerprint density at radius 1 is 1.06 bits per heavy atom. The summed E-state index contributed by atoms with van der Waals surface area (Å²) in [5.74, 6) is -2.43. The highest BCUT2D eigenvalue weighted by atomic mass is 35.5. The van der Waals surface area contributed by atoms with Gasteiger partial charge in [-0.05, 0) is 56.2 Å². The van der Waals surface area contributed by atoms with Crippen molar-refractivity contribution in [3.05, 3.63) is 36.0 Å². The lowest BCUT2D eigenvalue weighted by atomic mass is 9.96. The van der Waals surface area contributed by atoms with Crippen LogP contribution < -0.4 is 14.8 Å². The van der Waals surface area contributed by atoms with Crippen LogP contribution in [0.15, 0.2) is 30.3 Å². The first-order valence-electron chi connectivity index (χ1n) is 12.4. The molecule has 196 valence electrons. The second kappa shape index (κ2) is 14.1. The van der Waals surface area contributed by atoms with Gasteiger partial charge in [-0.3, -0.25) is 0 Å². The fourth-order valence-electron chi connectivity index (χ4n) is 4.59. The highest BCUT2D eigenvalue weighted by molar-refractivity contribution is 5.85. The summed E-state index contributed by atoms with van der Waals surface area (Å²) < 4.78 is 40.2. The van der Waals surface area contributed by atoms with Gasteiger partial charge in [0, 0.05) is 31.1 Å². The Morgan fingerprint density at radius 3 is 2.49 bits per heavy atom. The van der Waals surface area contributed by atoms with Crippen LogP contribution in [-0.2, 0) is 6.42 Å². The molecule has 5 nitrogen and oxygen atoms in total. The lowest BCUT2D eigenvalue weighted by molar-refractivity contribution is -0.0909. The molecule has 1 atom stereocenters. The summed E-state index contributed by atoms with van der Waals surface area (Å²) in [7, 11) is 0. The molecule has 4 rings (SSSR count). The van der Waals surface area contributed by atoms with Gasteiger partial charge in [0.2, 0.25) is 5.88 Å². The third-order valence-corrected chi connectivity index (χ3v) is 6.69. The standard InChI is InChI=1S/C26H35F2N3O2.2ClH/c1-2-3-9-24-23(19-10-12-22(13-11-19)33-21-7-5-4-6-8-21)16-25(31-30-24)32-18-20-17-29-15-14-26(20,27)28;;/h10-13,16,20-21,29H,2-9,14-15,17-18H2,1H3;2*1H. The largest absolute Gasteiger partial charge is 0.490 e. The summed E-state index contributed by atoms with van der Waals surface area (Å²) in [5, 5.41) is 11.6. The van der Waals surface area contributed by atoms with Crippen LogP contribution in [0.3, 0.4) is 0 Å². The van der Waals surface area contributed by atoms with E-state index in [0.29, 0.717) is 12.6 Å². The molecule has 0 radical (unpaired) electrons. The molecule has 1 aliphatic carbocycles. The second-order valence-corrected chi connectivity index (χ2v) is 9.27. The van der Waals surface area contributed by atoms with Crippen molar-refractivity contribution in [3.63, 3.8) is 0 Å². The number of unbranched alkanes of at least 4 members (excludes halogenated alkanes) is 1. The van der Waals surface area contributed by atoms with E-state index in [-0.39, 0.29) is 50.3 Å². The summed E-state index contributed by atoms with van der Waals surface area (Å²) in [4.78, 5) is 0. The zero-order valence-corrected chi connectivity index (χ0v) is 21.9. The van der Waals surface area contributed by atoms with Crippen LogP contribution in [0.5, 0.6) is 11.6 Å². The lowest BCUT2D eigenvalue weighted by Crippen LogP contribution is -2.47. The minimum absolute atomic E-state index is 0. The summed E-state index contributed by atoms with van der Waals surface area (Å²) in [6.07, 6.45) is 9.01. The fraction of sp³-hybridized carbons (Fsp3) is 0.615. The van der Waals surface area contributed by atoms with Crippen molar-refractivity contribution in [2.45, 2.75) is 76.7 Å². The first-order chi connectivity index (χ1) is 16.0. The molecule has 1 aliphatic heterocycles. The van der Waals surface area contributed by atoms with Crippen molar-refractivity contribution in [1.82, 2.24) is 15.5 Å². The van der Waals surface area contributed by atoms with Crippen molar-refractivity contribution in [2.75, 3.05) is 19.7 Å². The smallest absolute Gasteiger partial charge is 0.256 e. The predicted molar refractivity (Wildman–Crippen MR) is 139 cm³/mol. The maximum absolute atomic E-state index is 14.2. The number of hydrogen-bond donors (Lipinski definition) is 1. The van der Waals surface area contributed by atoms with Gasteiger partial charge >= 0.3 is 0 Å². The highest BCUT2D eigenvalue weighted by Gasteiger charge is 2.41. The van der Waals surface area contributed by atoms with Gasteiger partial charge in [-0.1, -0.05) is 31.9 Å². The first-order valence-corrected chi connectivity index (χ1v) is 12.4. The Bertz CT molecular complexity index is 897. The van der Waals surface area contributed by atoms with Gasteiger partial charge in [0.1, 0.15) is 5.75 Å². The van der Waals surface area contributed by atoms with E-state index in [2.05, 4.69) is 22.4 Å². The van der Waals surface area contributed by atoms with Crippen molar-refractivity contribution in [1.29, 1.82) is 0 Å². The van der Waals surface area contributed by atoms with E-state index in [4.69, 9.17) is 9.47 Å². The van der Waals surface area contributed by atoms with E-state index < -0.39 is 11.8 Å². The summed E-state index contributed by atoms with van der Waals surface area (Å²) in [6, 6.07) is 9.91. The molecule has 0 bridgehead atoms. The molecule has 9 heteroatoms. The van der Waals surface area contributed by atoms with Crippen LogP contribution in [0, 0.1) is 5.92 Å².